The van der Waals surface area contributed by atoms with Gasteiger partial charge < -0.3 is 19.9 Å². The number of benzene rings is 1. The molecule has 0 aliphatic heterocycles. The first-order valence-electron chi connectivity index (χ1n) is 6.61. The molecule has 0 saturated carbocycles. The van der Waals surface area contributed by atoms with Crippen LogP contribution in [0.15, 0.2) is 24.3 Å². The molecule has 116 valence electrons. The molecule has 0 heterocycles. The number of nitrogens with one attached hydrogen (secondary N) is 1. The molecule has 0 aliphatic rings. The second kappa shape index (κ2) is 6.97. The van der Waals surface area contributed by atoms with Crippen LogP contribution in [0.2, 0.25) is 0 Å². The van der Waals surface area contributed by atoms with E-state index in [4.69, 9.17) is 14.6 Å². The summed E-state index contributed by atoms with van der Waals surface area (Å²) in [5.41, 5.74) is 0.321. The zero-order valence-electron chi connectivity index (χ0n) is 12.7. The minimum absolute atomic E-state index is 0.228. The van der Waals surface area contributed by atoms with E-state index >= 15 is 0 Å². The van der Waals surface area contributed by atoms with Gasteiger partial charge in [0.1, 0.15) is 11.4 Å². The molecular formula is C15H21NO5. The van der Waals surface area contributed by atoms with Crippen LogP contribution < -0.4 is 10.1 Å². The molecule has 0 spiro atoms. The van der Waals surface area contributed by atoms with Crippen molar-refractivity contribution in [2.24, 2.45) is 0 Å². The van der Waals surface area contributed by atoms with Gasteiger partial charge in [-0.3, -0.25) is 0 Å². The Hall–Kier alpha value is -2.24. The highest BCUT2D eigenvalue weighted by molar-refractivity contribution is 5.69. The van der Waals surface area contributed by atoms with Crippen molar-refractivity contribution in [1.82, 2.24) is 5.32 Å². The number of amides is 1. The van der Waals surface area contributed by atoms with E-state index in [0.29, 0.717) is 5.75 Å². The number of aliphatic carboxylic acids is 1. The smallest absolute Gasteiger partial charge is 0.408 e. The normalized spacial score (nSPS) is 12.4. The molecule has 0 saturated heterocycles. The summed E-state index contributed by atoms with van der Waals surface area (Å²) in [6.07, 6.45) is -0.485. The summed E-state index contributed by atoms with van der Waals surface area (Å²) in [7, 11) is 0. The molecule has 1 rings (SSSR count). The molecule has 1 aromatic carbocycles. The molecule has 1 atom stereocenters. The standard InChI is InChI=1S/C15H21NO5/c1-10(16-14(19)21-15(2,3)4)11-5-7-12(8-6-11)20-9-13(17)18/h5-8,10H,9H2,1-4H3,(H,16,19)(H,17,18). The Morgan fingerprint density at radius 1 is 1.24 bits per heavy atom. The maximum absolute atomic E-state index is 11.7. The van der Waals surface area contributed by atoms with Crippen molar-refractivity contribution in [3.8, 4) is 5.75 Å². The van der Waals surface area contributed by atoms with Crippen molar-refractivity contribution in [1.29, 1.82) is 0 Å². The molecule has 1 amide bonds. The number of alkyl carbamates (subject to hydrolysis) is 1. The summed E-state index contributed by atoms with van der Waals surface area (Å²) in [6.45, 7) is 6.84. The Balaban J connectivity index is 2.56. The molecule has 0 radical (unpaired) electrons. The van der Waals surface area contributed by atoms with Gasteiger partial charge in [-0.25, -0.2) is 9.59 Å². The Morgan fingerprint density at radius 2 is 1.81 bits per heavy atom. The lowest BCUT2D eigenvalue weighted by atomic mass is 10.1. The number of carbonyl (C=O) groups excluding carboxylic acids is 1. The fraction of sp³-hybridized carbons (Fsp3) is 0.467. The van der Waals surface area contributed by atoms with Gasteiger partial charge in [0.25, 0.3) is 0 Å². The first kappa shape index (κ1) is 16.8. The molecule has 0 fully saturated rings. The third-order valence-corrected chi connectivity index (χ3v) is 2.48. The number of carboxylic acid groups (broad SMARTS) is 1. The number of hydrogen-bond acceptors (Lipinski definition) is 4. The molecular weight excluding hydrogens is 274 g/mol. The van der Waals surface area contributed by atoms with Gasteiger partial charge in [0, 0.05) is 0 Å². The molecule has 1 unspecified atom stereocenters. The van der Waals surface area contributed by atoms with Crippen molar-refractivity contribution in [2.75, 3.05) is 6.61 Å². The van der Waals surface area contributed by atoms with Crippen LogP contribution in [-0.4, -0.2) is 29.4 Å². The number of carbonyl (C=O) groups is 2. The van der Waals surface area contributed by atoms with Crippen molar-refractivity contribution >= 4 is 12.1 Å². The van der Waals surface area contributed by atoms with E-state index in [9.17, 15) is 9.59 Å². The highest BCUT2D eigenvalue weighted by Gasteiger charge is 2.18. The molecule has 6 heteroatoms. The van der Waals surface area contributed by atoms with Crippen molar-refractivity contribution in [3.05, 3.63) is 29.8 Å². The highest BCUT2D eigenvalue weighted by Crippen LogP contribution is 2.18. The second-order valence-electron chi connectivity index (χ2n) is 5.62. The van der Waals surface area contributed by atoms with E-state index in [0.717, 1.165) is 5.56 Å². The third kappa shape index (κ3) is 6.65. The fourth-order valence-corrected chi connectivity index (χ4v) is 1.57. The average molecular weight is 295 g/mol. The van der Waals surface area contributed by atoms with Crippen LogP contribution in [0.5, 0.6) is 5.75 Å². The summed E-state index contributed by atoms with van der Waals surface area (Å²) in [5.74, 6) is -0.565. The van der Waals surface area contributed by atoms with Crippen molar-refractivity contribution < 1.29 is 24.2 Å². The quantitative estimate of drug-likeness (QED) is 0.872. The average Bonchev–Trinajstić information content (AvgIpc) is 2.34. The summed E-state index contributed by atoms with van der Waals surface area (Å²) < 4.78 is 10.2. The Kier molecular flexibility index (Phi) is 5.58. The Labute approximate surface area is 124 Å². The Bertz CT molecular complexity index is 490. The van der Waals surface area contributed by atoms with Gasteiger partial charge in [-0.2, -0.15) is 0 Å². The molecule has 0 aromatic heterocycles. The minimum Gasteiger partial charge on any atom is -0.482 e. The van der Waals surface area contributed by atoms with Gasteiger partial charge in [-0.15, -0.1) is 0 Å². The predicted octanol–water partition coefficient (Wildman–Crippen LogP) is 2.74. The van der Waals surface area contributed by atoms with Gasteiger partial charge in [0.15, 0.2) is 6.61 Å². The maximum Gasteiger partial charge on any atom is 0.408 e. The van der Waals surface area contributed by atoms with E-state index in [1.807, 2.05) is 6.92 Å². The number of hydrogen-bond donors (Lipinski definition) is 2. The topological polar surface area (TPSA) is 84.9 Å². The van der Waals surface area contributed by atoms with Crippen LogP contribution in [0.4, 0.5) is 4.79 Å². The summed E-state index contributed by atoms with van der Waals surface area (Å²) in [4.78, 5) is 22.1. The maximum atomic E-state index is 11.7. The van der Waals surface area contributed by atoms with Crippen LogP contribution in [0.1, 0.15) is 39.3 Å². The lowest BCUT2D eigenvalue weighted by Crippen LogP contribution is -2.34. The molecule has 0 aliphatic carbocycles. The highest BCUT2D eigenvalue weighted by atomic mass is 16.6. The fourth-order valence-electron chi connectivity index (χ4n) is 1.57. The zero-order chi connectivity index (χ0) is 16.0. The number of carboxylic acids is 1. The van der Waals surface area contributed by atoms with Crippen LogP contribution in [-0.2, 0) is 9.53 Å². The molecule has 21 heavy (non-hydrogen) atoms. The molecule has 0 bridgehead atoms. The van der Waals surface area contributed by atoms with Gasteiger partial charge in [0.05, 0.1) is 6.04 Å². The monoisotopic (exact) mass is 295 g/mol. The number of ether oxygens (including phenoxy) is 2. The van der Waals surface area contributed by atoms with Crippen LogP contribution in [0.3, 0.4) is 0 Å². The first-order chi connectivity index (χ1) is 9.67. The summed E-state index contributed by atoms with van der Waals surface area (Å²) >= 11 is 0. The lowest BCUT2D eigenvalue weighted by molar-refractivity contribution is -0.139. The molecule has 1 aromatic rings. The van der Waals surface area contributed by atoms with Gasteiger partial charge in [-0.05, 0) is 45.4 Å². The van der Waals surface area contributed by atoms with E-state index < -0.39 is 17.7 Å². The van der Waals surface area contributed by atoms with Crippen LogP contribution in [0.25, 0.3) is 0 Å². The zero-order valence-corrected chi connectivity index (χ0v) is 12.7. The van der Waals surface area contributed by atoms with Gasteiger partial charge in [-0.1, -0.05) is 12.1 Å². The van der Waals surface area contributed by atoms with Crippen molar-refractivity contribution in [3.63, 3.8) is 0 Å². The van der Waals surface area contributed by atoms with E-state index in [1.165, 1.54) is 0 Å². The largest absolute Gasteiger partial charge is 0.482 e. The van der Waals surface area contributed by atoms with Crippen LogP contribution in [0, 0.1) is 0 Å². The Morgan fingerprint density at radius 3 is 2.29 bits per heavy atom. The second-order valence-corrected chi connectivity index (χ2v) is 5.62. The van der Waals surface area contributed by atoms with E-state index in [1.54, 1.807) is 45.0 Å². The molecule has 2 N–H and O–H groups in total. The summed E-state index contributed by atoms with van der Waals surface area (Å²) in [5, 5.41) is 11.2. The SMILES string of the molecule is CC(NC(=O)OC(C)(C)C)c1ccc(OCC(=O)O)cc1. The van der Waals surface area contributed by atoms with E-state index in [2.05, 4.69) is 5.32 Å². The minimum atomic E-state index is -1.03. The lowest BCUT2D eigenvalue weighted by Gasteiger charge is -2.22. The first-order valence-corrected chi connectivity index (χ1v) is 6.61. The molecule has 6 nitrogen and oxygen atoms in total. The predicted molar refractivity (Wildman–Crippen MR) is 77.4 cm³/mol. The number of rotatable bonds is 5. The van der Waals surface area contributed by atoms with Crippen molar-refractivity contribution in [2.45, 2.75) is 39.3 Å². The van der Waals surface area contributed by atoms with E-state index in [-0.39, 0.29) is 12.6 Å². The van der Waals surface area contributed by atoms with Gasteiger partial charge in [0.2, 0.25) is 0 Å². The third-order valence-electron chi connectivity index (χ3n) is 2.48. The summed E-state index contributed by atoms with van der Waals surface area (Å²) in [6, 6.07) is 6.61. The van der Waals surface area contributed by atoms with Gasteiger partial charge >= 0.3 is 12.1 Å². The van der Waals surface area contributed by atoms with Crippen LogP contribution >= 0.6 is 0 Å².